The number of rotatable bonds is 17. The van der Waals surface area contributed by atoms with Gasteiger partial charge < -0.3 is 55.8 Å². The number of benzene rings is 3. The predicted octanol–water partition coefficient (Wildman–Crippen LogP) is 3.65. The molecule has 1 aromatic heterocycles. The molecule has 0 radical (unpaired) electrons. The molecule has 0 aliphatic carbocycles. The van der Waals surface area contributed by atoms with Crippen molar-refractivity contribution in [3.8, 4) is 11.8 Å². The fraction of sp³-hybridized carbons (Fsp3) is 0.448. The number of nitrogens with zero attached hydrogens (tertiary/aromatic N) is 4. The Bertz CT molecular complexity index is 3570. The minimum Gasteiger partial charge on any atom is -0.453 e. The van der Waals surface area contributed by atoms with Gasteiger partial charge in [-0.15, -0.1) is 11.3 Å². The molecule has 6 heterocycles. The van der Waals surface area contributed by atoms with E-state index in [2.05, 4.69) is 33.1 Å². The molecule has 6 atom stereocenters. The molecule has 0 spiro atoms. The van der Waals surface area contributed by atoms with Crippen LogP contribution < -0.4 is 27.0 Å². The molecule has 462 valence electrons. The highest BCUT2D eigenvalue weighted by atomic mass is 32.1. The summed E-state index contributed by atoms with van der Waals surface area (Å²) in [6, 6.07) is 4.81. The van der Waals surface area contributed by atoms with E-state index in [-0.39, 0.29) is 109 Å². The second-order valence-electron chi connectivity index (χ2n) is 22.1. The van der Waals surface area contributed by atoms with Gasteiger partial charge in [0, 0.05) is 79.3 Å². The Morgan fingerprint density at radius 2 is 1.64 bits per heavy atom. The molecule has 0 saturated carbocycles. The van der Waals surface area contributed by atoms with Crippen molar-refractivity contribution in [1.29, 1.82) is 0 Å². The van der Waals surface area contributed by atoms with Crippen LogP contribution in [0.15, 0.2) is 60.7 Å². The molecular formula is C58H62F4N9O14PS. The molecule has 5 aliphatic rings. The Balaban J connectivity index is 0.867. The van der Waals surface area contributed by atoms with Gasteiger partial charge in [0.15, 0.2) is 11.6 Å². The zero-order valence-corrected chi connectivity index (χ0v) is 48.6. The molecule has 9 rings (SSSR count). The van der Waals surface area contributed by atoms with Crippen molar-refractivity contribution in [1.82, 2.24) is 40.9 Å². The van der Waals surface area contributed by atoms with E-state index in [0.717, 1.165) is 48.8 Å². The number of piperidine rings is 2. The lowest BCUT2D eigenvalue weighted by Crippen LogP contribution is -2.62. The number of likely N-dealkylation sites (tertiary alicyclic amines) is 1. The summed E-state index contributed by atoms with van der Waals surface area (Å²) in [6.07, 6.45) is 0.919. The smallest absolute Gasteiger partial charge is 0.409 e. The number of carbonyl (C=O) groups is 10. The summed E-state index contributed by atoms with van der Waals surface area (Å²) in [7, 11) is -4.82. The van der Waals surface area contributed by atoms with Crippen LogP contribution in [0.2, 0.25) is 0 Å². The first kappa shape index (κ1) is 63.3. The molecule has 87 heavy (non-hydrogen) atoms. The molecule has 29 heteroatoms. The van der Waals surface area contributed by atoms with Crippen LogP contribution in [-0.4, -0.2) is 158 Å². The minimum absolute atomic E-state index is 0.0110. The number of amides is 10. The Hall–Kier alpha value is -8.25. The van der Waals surface area contributed by atoms with Gasteiger partial charge in [-0.1, -0.05) is 30.0 Å². The fourth-order valence-corrected chi connectivity index (χ4v) is 13.2. The lowest BCUT2D eigenvalue weighted by atomic mass is 9.91. The third kappa shape index (κ3) is 14.1. The van der Waals surface area contributed by atoms with Gasteiger partial charge in [0.1, 0.15) is 30.2 Å². The van der Waals surface area contributed by atoms with Crippen LogP contribution in [0.3, 0.4) is 0 Å². The summed E-state index contributed by atoms with van der Waals surface area (Å²) < 4.78 is 74.8. The first-order chi connectivity index (χ1) is 41.3. The van der Waals surface area contributed by atoms with E-state index in [0.29, 0.717) is 42.4 Å². The van der Waals surface area contributed by atoms with Gasteiger partial charge in [-0.05, 0) is 116 Å². The number of halogens is 4. The van der Waals surface area contributed by atoms with Gasteiger partial charge in [0.25, 0.3) is 11.8 Å². The number of ether oxygens (including phenoxy) is 1. The van der Waals surface area contributed by atoms with Gasteiger partial charge in [-0.25, -0.2) is 13.6 Å². The van der Waals surface area contributed by atoms with Crippen LogP contribution in [0.5, 0.6) is 0 Å². The van der Waals surface area contributed by atoms with Crippen LogP contribution in [0.25, 0.3) is 10.1 Å². The topological polar surface area (TPSA) is 325 Å². The van der Waals surface area contributed by atoms with Gasteiger partial charge in [-0.3, -0.25) is 53.0 Å². The summed E-state index contributed by atoms with van der Waals surface area (Å²) in [6.45, 7) is 0.185. The molecule has 0 bridgehead atoms. The highest BCUT2D eigenvalue weighted by Crippen LogP contribution is 2.59. The Kier molecular flexibility index (Phi) is 19.2. The van der Waals surface area contributed by atoms with E-state index in [4.69, 9.17) is 10.5 Å². The lowest BCUT2D eigenvalue weighted by molar-refractivity contribution is -0.144. The number of nitrogens with two attached hydrogens (primary N) is 1. The first-order valence-electron chi connectivity index (χ1n) is 28.1. The summed E-state index contributed by atoms with van der Waals surface area (Å²) in [4.78, 5) is 159. The summed E-state index contributed by atoms with van der Waals surface area (Å²) >= 11 is 0.811. The van der Waals surface area contributed by atoms with E-state index in [9.17, 15) is 79.9 Å². The fourth-order valence-electron chi connectivity index (χ4n) is 11.8. The van der Waals surface area contributed by atoms with Crippen molar-refractivity contribution in [2.45, 2.75) is 126 Å². The normalized spacial score (nSPS) is 20.7. The van der Waals surface area contributed by atoms with E-state index >= 15 is 0 Å². The van der Waals surface area contributed by atoms with Crippen molar-refractivity contribution < 1.29 is 84.6 Å². The van der Waals surface area contributed by atoms with Crippen LogP contribution in [0.1, 0.15) is 113 Å². The molecule has 4 saturated heterocycles. The number of fused-ring (bicyclic) bond motifs is 3. The van der Waals surface area contributed by atoms with Gasteiger partial charge in [0.05, 0.1) is 18.5 Å². The van der Waals surface area contributed by atoms with E-state index in [1.165, 1.54) is 31.7 Å². The predicted molar refractivity (Wildman–Crippen MR) is 302 cm³/mol. The van der Waals surface area contributed by atoms with E-state index in [1.807, 2.05) is 0 Å². The highest BCUT2D eigenvalue weighted by molar-refractivity contribution is 7.52. The number of nitrogens with one attached hydrogen (secondary N) is 4. The Labute approximate surface area is 499 Å². The minimum atomic E-state index is -5.94. The Morgan fingerprint density at radius 3 is 2.34 bits per heavy atom. The molecular weight excluding hydrogens is 1190 g/mol. The first-order valence-corrected chi connectivity index (χ1v) is 30.5. The Morgan fingerprint density at radius 1 is 0.897 bits per heavy atom. The lowest BCUT2D eigenvalue weighted by Gasteiger charge is -2.38. The third-order valence-corrected chi connectivity index (χ3v) is 18.5. The SMILES string of the molecule is COC(=O)N1CCC2CC[C@@H](C(=O)NC(CCC(N)=O)C(=O)N[C@@H](Cc3ccc(F)c(F)c3)C(=O)N3CCC(CCC#Cc4cccc5c4CN(C4CCC(=O)NC4=O)C5=O)CC3)N2C(=O)C(NC(=O)c2cc3cc(C(F)(F)P(=O)(O)O)ccc3s2)C1. The average molecular weight is 1250 g/mol. The van der Waals surface area contributed by atoms with Crippen LogP contribution >= 0.6 is 18.9 Å². The molecule has 4 unspecified atom stereocenters. The van der Waals surface area contributed by atoms with Crippen molar-refractivity contribution in [3.63, 3.8) is 0 Å². The van der Waals surface area contributed by atoms with Gasteiger partial charge in [0.2, 0.25) is 41.4 Å². The van der Waals surface area contributed by atoms with Crippen molar-refractivity contribution in [3.05, 3.63) is 105 Å². The van der Waals surface area contributed by atoms with Crippen LogP contribution in [0, 0.1) is 29.4 Å². The second kappa shape index (κ2) is 26.4. The number of imide groups is 1. The number of thiophene rings is 1. The number of hydrogen-bond acceptors (Lipinski definition) is 13. The summed E-state index contributed by atoms with van der Waals surface area (Å²) in [5.74, 6) is -2.08. The quantitative estimate of drug-likeness (QED) is 0.0344. The maximum absolute atomic E-state index is 14.7. The van der Waals surface area contributed by atoms with Crippen molar-refractivity contribution in [2.24, 2.45) is 11.7 Å². The molecule has 8 N–H and O–H groups in total. The van der Waals surface area contributed by atoms with Crippen LogP contribution in [-0.2, 0) is 61.5 Å². The van der Waals surface area contributed by atoms with Crippen LogP contribution in [0.4, 0.5) is 22.4 Å². The molecule has 4 aromatic rings. The second-order valence-corrected chi connectivity index (χ2v) is 24.8. The van der Waals surface area contributed by atoms with Crippen molar-refractivity contribution >= 4 is 88.3 Å². The van der Waals surface area contributed by atoms with E-state index < -0.39 is 127 Å². The number of hydrogen-bond donors (Lipinski definition) is 7. The summed E-state index contributed by atoms with van der Waals surface area (Å²) in [5, 5.41) is 10.2. The maximum Gasteiger partial charge on any atom is 0.409 e. The molecule has 10 amide bonds. The zero-order chi connectivity index (χ0) is 62.6. The molecule has 5 aliphatic heterocycles. The number of methoxy groups -OCH3 is 1. The van der Waals surface area contributed by atoms with E-state index in [1.54, 1.807) is 18.2 Å². The monoisotopic (exact) mass is 1250 g/mol. The average Bonchev–Trinajstić information content (AvgIpc) is 1.86. The molecule has 4 fully saturated rings. The standard InChI is InChI=1S/C58H62F4N9O14PS/c1-85-57(81)69-24-21-36-11-14-45(71(36)56(80)43(30-69)66-53(77)47-28-34-27-35(10-16-46(34)87-47)58(61,62)86(82,83)84)52(76)64-41(13-17-48(63)72)50(74)65-42(26-32-9-12-39(59)40(60)25-32)55(79)68-22-19-31(20-23-68)5-2-3-6-33-7-4-8-37-38(33)29-70(54(37)78)44-15-18-49(73)67-51(44)75/h4,7-10,12,16,25,27-28,31,36,41-45H,2,5,11,13-15,17-24,26,29-30H2,1H3,(H2,63,72)(H,64,76)(H,65,74)(H,66,77)(H,67,73,75)(H2,82,83,84)/t36?,41?,42-,43?,44?,45-/m0/s1. The number of alkyl halides is 2. The third-order valence-electron chi connectivity index (χ3n) is 16.4. The summed E-state index contributed by atoms with van der Waals surface area (Å²) in [5.41, 5.74) is 1.87. The number of primary amides is 1. The van der Waals surface area contributed by atoms with Crippen molar-refractivity contribution in [2.75, 3.05) is 33.3 Å². The molecule has 3 aromatic carbocycles. The van der Waals surface area contributed by atoms with Gasteiger partial charge in [-0.2, -0.15) is 8.78 Å². The number of carbonyl (C=O) groups excluding carboxylic acids is 10. The zero-order valence-electron chi connectivity index (χ0n) is 46.9. The molecule has 23 nitrogen and oxygen atoms in total. The maximum atomic E-state index is 14.7. The largest absolute Gasteiger partial charge is 0.453 e. The highest BCUT2D eigenvalue weighted by Gasteiger charge is 2.51. The van der Waals surface area contributed by atoms with Gasteiger partial charge >= 0.3 is 19.4 Å².